The third kappa shape index (κ3) is 2.67. The Hall–Kier alpha value is -0.500. The summed E-state index contributed by atoms with van der Waals surface area (Å²) in [5, 5.41) is 3.75. The van der Waals surface area contributed by atoms with Crippen LogP contribution in [0.4, 0.5) is 5.69 Å². The SMILES string of the molecule is CC(C)c1cc(Br)cc2c1NC(C(C)C)CC2. The highest BCUT2D eigenvalue weighted by Gasteiger charge is 2.23. The van der Waals surface area contributed by atoms with Crippen LogP contribution in [-0.2, 0) is 6.42 Å². The minimum Gasteiger partial charge on any atom is -0.382 e. The Labute approximate surface area is 113 Å². The lowest BCUT2D eigenvalue weighted by molar-refractivity contribution is 0.481. The van der Waals surface area contributed by atoms with Gasteiger partial charge in [0.25, 0.3) is 0 Å². The van der Waals surface area contributed by atoms with Crippen LogP contribution in [0.5, 0.6) is 0 Å². The fourth-order valence-electron chi connectivity index (χ4n) is 2.58. The number of fused-ring (bicyclic) bond motifs is 1. The molecule has 1 atom stereocenters. The Balaban J connectivity index is 2.41. The van der Waals surface area contributed by atoms with E-state index in [1.165, 1.54) is 34.1 Å². The van der Waals surface area contributed by atoms with E-state index in [1.54, 1.807) is 0 Å². The molecule has 0 saturated carbocycles. The summed E-state index contributed by atoms with van der Waals surface area (Å²) in [6, 6.07) is 5.16. The molecular formula is C15H22BrN. The molecule has 0 fully saturated rings. The van der Waals surface area contributed by atoms with Gasteiger partial charge in [0.15, 0.2) is 0 Å². The van der Waals surface area contributed by atoms with E-state index in [9.17, 15) is 0 Å². The summed E-state index contributed by atoms with van der Waals surface area (Å²) in [5.41, 5.74) is 4.31. The highest BCUT2D eigenvalue weighted by Crippen LogP contribution is 2.36. The molecule has 2 rings (SSSR count). The topological polar surface area (TPSA) is 12.0 Å². The summed E-state index contributed by atoms with van der Waals surface area (Å²) in [6.07, 6.45) is 2.45. The number of aryl methyl sites for hydroxylation is 1. The third-order valence-electron chi connectivity index (χ3n) is 3.70. The summed E-state index contributed by atoms with van der Waals surface area (Å²) in [5.74, 6) is 1.27. The lowest BCUT2D eigenvalue weighted by Gasteiger charge is -2.32. The molecule has 1 heterocycles. The molecule has 0 amide bonds. The second-order valence-corrected chi connectivity index (χ2v) is 6.63. The van der Waals surface area contributed by atoms with Crippen molar-refractivity contribution >= 4 is 21.6 Å². The first kappa shape index (κ1) is 12.9. The molecule has 1 nitrogen and oxygen atoms in total. The van der Waals surface area contributed by atoms with Crippen LogP contribution in [0.15, 0.2) is 16.6 Å². The average Bonchev–Trinajstić information content (AvgIpc) is 2.26. The van der Waals surface area contributed by atoms with Gasteiger partial charge in [0, 0.05) is 16.2 Å². The van der Waals surface area contributed by atoms with Crippen molar-refractivity contribution in [1.82, 2.24) is 0 Å². The minimum atomic E-state index is 0.569. The molecular weight excluding hydrogens is 274 g/mol. The summed E-state index contributed by atoms with van der Waals surface area (Å²) in [6.45, 7) is 9.14. The van der Waals surface area contributed by atoms with Crippen LogP contribution in [0, 0.1) is 5.92 Å². The summed E-state index contributed by atoms with van der Waals surface area (Å²) >= 11 is 3.63. The monoisotopic (exact) mass is 295 g/mol. The van der Waals surface area contributed by atoms with Crippen molar-refractivity contribution in [2.45, 2.75) is 52.5 Å². The largest absolute Gasteiger partial charge is 0.382 e. The highest BCUT2D eigenvalue weighted by atomic mass is 79.9. The highest BCUT2D eigenvalue weighted by molar-refractivity contribution is 9.10. The fourth-order valence-corrected chi connectivity index (χ4v) is 3.11. The van der Waals surface area contributed by atoms with Crippen molar-refractivity contribution < 1.29 is 0 Å². The molecule has 0 saturated heterocycles. The van der Waals surface area contributed by atoms with Crippen LogP contribution < -0.4 is 5.32 Å². The first-order valence-electron chi connectivity index (χ1n) is 6.58. The maximum Gasteiger partial charge on any atom is 0.0410 e. The lowest BCUT2D eigenvalue weighted by atomic mass is 9.87. The van der Waals surface area contributed by atoms with E-state index in [4.69, 9.17) is 0 Å². The average molecular weight is 296 g/mol. The molecule has 1 aromatic carbocycles. The Bertz CT molecular complexity index is 410. The van der Waals surface area contributed by atoms with Crippen molar-refractivity contribution in [1.29, 1.82) is 0 Å². The van der Waals surface area contributed by atoms with Gasteiger partial charge >= 0.3 is 0 Å². The first-order valence-corrected chi connectivity index (χ1v) is 7.37. The van der Waals surface area contributed by atoms with E-state index in [0.29, 0.717) is 17.9 Å². The quantitative estimate of drug-likeness (QED) is 0.813. The maximum atomic E-state index is 3.75. The van der Waals surface area contributed by atoms with Gasteiger partial charge in [-0.2, -0.15) is 0 Å². The van der Waals surface area contributed by atoms with Crippen molar-refractivity contribution in [3.8, 4) is 0 Å². The molecule has 1 unspecified atom stereocenters. The second kappa shape index (κ2) is 5.01. The number of rotatable bonds is 2. The Morgan fingerprint density at radius 1 is 1.24 bits per heavy atom. The zero-order chi connectivity index (χ0) is 12.6. The number of halogens is 1. The first-order chi connectivity index (χ1) is 7.99. The van der Waals surface area contributed by atoms with E-state index < -0.39 is 0 Å². The number of hydrogen-bond acceptors (Lipinski definition) is 1. The third-order valence-corrected chi connectivity index (χ3v) is 4.15. The van der Waals surface area contributed by atoms with Crippen molar-refractivity contribution in [3.05, 3.63) is 27.7 Å². The minimum absolute atomic E-state index is 0.569. The van der Waals surface area contributed by atoms with E-state index in [2.05, 4.69) is 61.1 Å². The van der Waals surface area contributed by atoms with E-state index >= 15 is 0 Å². The van der Waals surface area contributed by atoms with Crippen LogP contribution >= 0.6 is 15.9 Å². The fraction of sp³-hybridized carbons (Fsp3) is 0.600. The van der Waals surface area contributed by atoms with Gasteiger partial charge < -0.3 is 5.32 Å². The molecule has 17 heavy (non-hydrogen) atoms. The zero-order valence-corrected chi connectivity index (χ0v) is 12.8. The van der Waals surface area contributed by atoms with Gasteiger partial charge in [0.2, 0.25) is 0 Å². The van der Waals surface area contributed by atoms with Crippen molar-refractivity contribution in [2.75, 3.05) is 5.32 Å². The Morgan fingerprint density at radius 2 is 1.94 bits per heavy atom. The Morgan fingerprint density at radius 3 is 2.53 bits per heavy atom. The molecule has 0 bridgehead atoms. The summed E-state index contributed by atoms with van der Waals surface area (Å²) in [7, 11) is 0. The predicted molar refractivity (Wildman–Crippen MR) is 78.8 cm³/mol. The van der Waals surface area contributed by atoms with E-state index in [-0.39, 0.29) is 0 Å². The van der Waals surface area contributed by atoms with E-state index in [1.807, 2.05) is 0 Å². The number of anilines is 1. The Kier molecular flexibility index (Phi) is 3.82. The molecule has 94 valence electrons. The van der Waals surface area contributed by atoms with Crippen LogP contribution in [0.1, 0.15) is 51.2 Å². The van der Waals surface area contributed by atoms with Gasteiger partial charge in [-0.3, -0.25) is 0 Å². The second-order valence-electron chi connectivity index (χ2n) is 5.72. The van der Waals surface area contributed by atoms with Crippen LogP contribution in [0.25, 0.3) is 0 Å². The van der Waals surface area contributed by atoms with Gasteiger partial charge in [-0.15, -0.1) is 0 Å². The van der Waals surface area contributed by atoms with Gasteiger partial charge in [0.05, 0.1) is 0 Å². The van der Waals surface area contributed by atoms with Crippen LogP contribution in [0.3, 0.4) is 0 Å². The van der Waals surface area contributed by atoms with Gasteiger partial charge in [-0.05, 0) is 47.9 Å². The zero-order valence-electron chi connectivity index (χ0n) is 11.2. The van der Waals surface area contributed by atoms with Crippen LogP contribution in [0.2, 0.25) is 0 Å². The van der Waals surface area contributed by atoms with E-state index in [0.717, 1.165) is 0 Å². The smallest absolute Gasteiger partial charge is 0.0410 e. The van der Waals surface area contributed by atoms with Crippen LogP contribution in [-0.4, -0.2) is 6.04 Å². The predicted octanol–water partition coefficient (Wildman–Crippen LogP) is 4.96. The summed E-state index contributed by atoms with van der Waals surface area (Å²) in [4.78, 5) is 0. The lowest BCUT2D eigenvalue weighted by Crippen LogP contribution is -2.31. The van der Waals surface area contributed by atoms with Crippen molar-refractivity contribution in [2.24, 2.45) is 5.92 Å². The molecule has 0 aromatic heterocycles. The molecule has 0 radical (unpaired) electrons. The molecule has 1 aliphatic heterocycles. The van der Waals surface area contributed by atoms with Gasteiger partial charge in [-0.1, -0.05) is 43.6 Å². The maximum absolute atomic E-state index is 3.75. The molecule has 0 aliphatic carbocycles. The molecule has 1 aromatic rings. The molecule has 1 aliphatic rings. The van der Waals surface area contributed by atoms with Gasteiger partial charge in [0.1, 0.15) is 0 Å². The number of nitrogens with one attached hydrogen (secondary N) is 1. The molecule has 2 heteroatoms. The molecule has 0 spiro atoms. The van der Waals surface area contributed by atoms with Crippen molar-refractivity contribution in [3.63, 3.8) is 0 Å². The standard InChI is InChI=1S/C15H22BrN/c1-9(2)13-8-12(16)7-11-5-6-14(10(3)4)17-15(11)13/h7-10,14,17H,5-6H2,1-4H3. The number of benzene rings is 1. The molecule has 1 N–H and O–H groups in total. The van der Waals surface area contributed by atoms with Gasteiger partial charge in [-0.25, -0.2) is 0 Å². The number of hydrogen-bond donors (Lipinski definition) is 1. The normalized spacial score (nSPS) is 19.4. The summed E-state index contributed by atoms with van der Waals surface area (Å²) < 4.78 is 1.21.